The summed E-state index contributed by atoms with van der Waals surface area (Å²) in [5.41, 5.74) is -0.499. The van der Waals surface area contributed by atoms with Crippen molar-refractivity contribution in [2.75, 3.05) is 53.4 Å². The van der Waals surface area contributed by atoms with Crippen molar-refractivity contribution in [2.45, 2.75) is 58.6 Å². The predicted molar refractivity (Wildman–Crippen MR) is 132 cm³/mol. The zero-order valence-corrected chi connectivity index (χ0v) is 21.7. The number of likely N-dealkylation sites (N-methyl/N-ethyl adjacent to an activating group) is 1. The Kier molecular flexibility index (Phi) is 14.0. The van der Waals surface area contributed by atoms with Crippen LogP contribution in [0, 0.1) is 0 Å². The Labute approximate surface area is 198 Å². The van der Waals surface area contributed by atoms with Crippen LogP contribution in [0.5, 0.6) is 0 Å². The van der Waals surface area contributed by atoms with Crippen LogP contribution in [0.15, 0.2) is 4.99 Å². The van der Waals surface area contributed by atoms with Crippen LogP contribution >= 0.6 is 24.0 Å². The third-order valence-electron chi connectivity index (χ3n) is 4.62. The molecule has 1 rings (SSSR count). The number of aliphatic imine (C=N–C) groups is 1. The standard InChI is InChI=1S/C20H40N6O3.HI/c1-7-11-26(19(28)29-20(2,3)4)14-10-23-18(22-6)24-16-8-12-25(13-9-16)15-17(27)21-5;/h16H,7-15H2,1-6H3,(H,21,27)(H2,22,23,24);1H. The van der Waals surface area contributed by atoms with Crippen molar-refractivity contribution in [1.82, 2.24) is 25.8 Å². The van der Waals surface area contributed by atoms with Gasteiger partial charge in [-0.05, 0) is 40.0 Å². The molecule has 30 heavy (non-hydrogen) atoms. The average Bonchev–Trinajstić information content (AvgIpc) is 2.66. The number of guanidine groups is 1. The highest BCUT2D eigenvalue weighted by Crippen LogP contribution is 2.11. The molecule has 9 nitrogen and oxygen atoms in total. The number of rotatable bonds is 8. The summed E-state index contributed by atoms with van der Waals surface area (Å²) in [7, 11) is 3.41. The first kappa shape index (κ1) is 28.7. The van der Waals surface area contributed by atoms with Gasteiger partial charge in [0.15, 0.2) is 5.96 Å². The van der Waals surface area contributed by atoms with Crippen molar-refractivity contribution in [3.05, 3.63) is 0 Å². The molecule has 0 radical (unpaired) electrons. The fraction of sp³-hybridized carbons (Fsp3) is 0.850. The van der Waals surface area contributed by atoms with Gasteiger partial charge in [-0.1, -0.05) is 6.92 Å². The van der Waals surface area contributed by atoms with Crippen molar-refractivity contribution in [1.29, 1.82) is 0 Å². The SMILES string of the molecule is CCCN(CCNC(=NC)NC1CCN(CC(=O)NC)CC1)C(=O)OC(C)(C)C.I. The summed E-state index contributed by atoms with van der Waals surface area (Å²) < 4.78 is 5.48. The molecule has 2 amide bonds. The molecule has 1 aliphatic heterocycles. The van der Waals surface area contributed by atoms with Crippen LogP contribution in [-0.4, -0.2) is 92.8 Å². The maximum atomic E-state index is 12.3. The molecular formula is C20H41IN6O3. The van der Waals surface area contributed by atoms with E-state index in [0.717, 1.165) is 38.3 Å². The molecule has 1 saturated heterocycles. The first-order valence-corrected chi connectivity index (χ1v) is 10.6. The number of carbonyl (C=O) groups excluding carboxylic acids is 2. The number of nitrogens with zero attached hydrogens (tertiary/aromatic N) is 3. The Bertz CT molecular complexity index is 545. The molecule has 0 aliphatic carbocycles. The van der Waals surface area contributed by atoms with E-state index in [9.17, 15) is 9.59 Å². The minimum Gasteiger partial charge on any atom is -0.444 e. The zero-order valence-electron chi connectivity index (χ0n) is 19.4. The Balaban J connectivity index is 0.00000841. The van der Waals surface area contributed by atoms with E-state index in [2.05, 4.69) is 25.8 Å². The summed E-state index contributed by atoms with van der Waals surface area (Å²) in [5.74, 6) is 0.783. The van der Waals surface area contributed by atoms with Crippen molar-refractivity contribution >= 4 is 41.9 Å². The Hall–Kier alpha value is -1.30. The normalized spacial score (nSPS) is 15.7. The number of likely N-dealkylation sites (tertiary alicyclic amines) is 1. The van der Waals surface area contributed by atoms with Gasteiger partial charge < -0.3 is 25.6 Å². The molecule has 1 aliphatic rings. The Morgan fingerprint density at radius 3 is 2.33 bits per heavy atom. The summed E-state index contributed by atoms with van der Waals surface area (Å²) in [5, 5.41) is 9.40. The fourth-order valence-electron chi connectivity index (χ4n) is 3.11. The smallest absolute Gasteiger partial charge is 0.410 e. The molecule has 0 aromatic rings. The summed E-state index contributed by atoms with van der Waals surface area (Å²) in [4.78, 5) is 32.0. The van der Waals surface area contributed by atoms with E-state index >= 15 is 0 Å². The van der Waals surface area contributed by atoms with Gasteiger partial charge in [0, 0.05) is 52.9 Å². The van der Waals surface area contributed by atoms with Crippen LogP contribution in [-0.2, 0) is 9.53 Å². The molecule has 0 aromatic carbocycles. The van der Waals surface area contributed by atoms with Gasteiger partial charge in [-0.2, -0.15) is 0 Å². The molecule has 0 unspecified atom stereocenters. The lowest BCUT2D eigenvalue weighted by molar-refractivity contribution is -0.122. The van der Waals surface area contributed by atoms with E-state index in [4.69, 9.17) is 4.74 Å². The topological polar surface area (TPSA) is 98.3 Å². The highest BCUT2D eigenvalue weighted by atomic mass is 127. The van der Waals surface area contributed by atoms with Crippen molar-refractivity contribution in [2.24, 2.45) is 4.99 Å². The molecule has 1 fully saturated rings. The van der Waals surface area contributed by atoms with Crippen LogP contribution in [0.25, 0.3) is 0 Å². The molecule has 3 N–H and O–H groups in total. The molecule has 0 spiro atoms. The number of carbonyl (C=O) groups is 2. The number of halogens is 1. The summed E-state index contributed by atoms with van der Waals surface area (Å²) >= 11 is 0. The number of hydrogen-bond acceptors (Lipinski definition) is 5. The van der Waals surface area contributed by atoms with Gasteiger partial charge in [0.2, 0.25) is 5.91 Å². The van der Waals surface area contributed by atoms with Gasteiger partial charge in [0.25, 0.3) is 0 Å². The van der Waals surface area contributed by atoms with E-state index in [1.54, 1.807) is 19.0 Å². The number of nitrogens with one attached hydrogen (secondary N) is 3. The van der Waals surface area contributed by atoms with Gasteiger partial charge in [0.1, 0.15) is 5.60 Å². The summed E-state index contributed by atoms with van der Waals surface area (Å²) in [6.45, 7) is 11.7. The average molecular weight is 540 g/mol. The van der Waals surface area contributed by atoms with E-state index < -0.39 is 5.60 Å². The largest absolute Gasteiger partial charge is 0.444 e. The lowest BCUT2D eigenvalue weighted by Gasteiger charge is -2.32. The van der Waals surface area contributed by atoms with Gasteiger partial charge in [0.05, 0.1) is 6.54 Å². The maximum absolute atomic E-state index is 12.3. The van der Waals surface area contributed by atoms with E-state index in [1.165, 1.54) is 0 Å². The molecular weight excluding hydrogens is 499 g/mol. The van der Waals surface area contributed by atoms with E-state index in [1.807, 2.05) is 27.7 Å². The lowest BCUT2D eigenvalue weighted by atomic mass is 10.1. The first-order chi connectivity index (χ1) is 13.7. The summed E-state index contributed by atoms with van der Waals surface area (Å²) in [6.07, 6.45) is 2.50. The van der Waals surface area contributed by atoms with E-state index in [0.29, 0.717) is 32.2 Å². The van der Waals surface area contributed by atoms with Gasteiger partial charge >= 0.3 is 6.09 Å². The number of piperidine rings is 1. The van der Waals surface area contributed by atoms with Crippen LogP contribution in [0.4, 0.5) is 4.79 Å². The zero-order chi connectivity index (χ0) is 21.9. The van der Waals surface area contributed by atoms with Crippen LogP contribution < -0.4 is 16.0 Å². The van der Waals surface area contributed by atoms with Crippen LogP contribution in [0.2, 0.25) is 0 Å². The second-order valence-electron chi connectivity index (χ2n) is 8.33. The Morgan fingerprint density at radius 1 is 1.20 bits per heavy atom. The van der Waals surface area contributed by atoms with Crippen molar-refractivity contribution in [3.63, 3.8) is 0 Å². The molecule has 0 atom stereocenters. The minimum absolute atomic E-state index is 0. The molecule has 1 heterocycles. The third kappa shape index (κ3) is 11.8. The maximum Gasteiger partial charge on any atom is 0.410 e. The minimum atomic E-state index is -0.499. The second-order valence-corrected chi connectivity index (χ2v) is 8.33. The highest BCUT2D eigenvalue weighted by Gasteiger charge is 2.23. The quantitative estimate of drug-likeness (QED) is 0.246. The van der Waals surface area contributed by atoms with Gasteiger partial charge in [-0.15, -0.1) is 24.0 Å². The van der Waals surface area contributed by atoms with Crippen LogP contribution in [0.1, 0.15) is 47.0 Å². The summed E-state index contributed by atoms with van der Waals surface area (Å²) in [6, 6.07) is 0.319. The van der Waals surface area contributed by atoms with Gasteiger partial charge in [-0.3, -0.25) is 14.7 Å². The first-order valence-electron chi connectivity index (χ1n) is 10.6. The second kappa shape index (κ2) is 14.7. The molecule has 10 heteroatoms. The number of hydrogen-bond donors (Lipinski definition) is 3. The predicted octanol–water partition coefficient (Wildman–Crippen LogP) is 1.63. The lowest BCUT2D eigenvalue weighted by Crippen LogP contribution is -2.51. The van der Waals surface area contributed by atoms with Crippen LogP contribution in [0.3, 0.4) is 0 Å². The van der Waals surface area contributed by atoms with E-state index in [-0.39, 0.29) is 36.0 Å². The van der Waals surface area contributed by atoms with Gasteiger partial charge in [-0.25, -0.2) is 4.79 Å². The van der Waals surface area contributed by atoms with Crippen molar-refractivity contribution < 1.29 is 14.3 Å². The molecule has 0 saturated carbocycles. The number of amides is 2. The molecule has 176 valence electrons. The monoisotopic (exact) mass is 540 g/mol. The number of ether oxygens (including phenoxy) is 1. The Morgan fingerprint density at radius 2 is 1.83 bits per heavy atom. The van der Waals surface area contributed by atoms with Crippen molar-refractivity contribution in [3.8, 4) is 0 Å². The highest BCUT2D eigenvalue weighted by molar-refractivity contribution is 14.0. The fourth-order valence-corrected chi connectivity index (χ4v) is 3.11. The molecule has 0 aromatic heterocycles. The molecule has 0 bridgehead atoms. The third-order valence-corrected chi connectivity index (χ3v) is 4.62.